The number of rotatable bonds is 3. The van der Waals surface area contributed by atoms with E-state index in [1.807, 2.05) is 13.0 Å². The Hall–Kier alpha value is -2.23. The molecule has 0 aliphatic rings. The van der Waals surface area contributed by atoms with Crippen LogP contribution in [0.2, 0.25) is 0 Å². The van der Waals surface area contributed by atoms with Crippen molar-refractivity contribution in [2.24, 2.45) is 0 Å². The number of nitrogens with zero attached hydrogens (tertiary/aromatic N) is 1. The Balaban J connectivity index is 2.03. The fourth-order valence-corrected chi connectivity index (χ4v) is 1.64. The number of pyridine rings is 1. The maximum atomic E-state index is 13.4. The van der Waals surface area contributed by atoms with Crippen LogP contribution in [0, 0.1) is 12.7 Å². The Bertz CT molecular complexity index is 569. The van der Waals surface area contributed by atoms with E-state index in [9.17, 15) is 9.18 Å². The number of hydrogen-bond donors (Lipinski definition) is 1. The molecule has 2 aromatic rings. The monoisotopic (exact) mass is 244 g/mol. The van der Waals surface area contributed by atoms with Crippen LogP contribution in [0.3, 0.4) is 0 Å². The smallest absolute Gasteiger partial charge is 0.228 e. The second kappa shape index (κ2) is 5.40. The second-order valence-corrected chi connectivity index (χ2v) is 4.07. The van der Waals surface area contributed by atoms with E-state index in [-0.39, 0.29) is 18.1 Å². The van der Waals surface area contributed by atoms with Crippen molar-refractivity contribution in [2.75, 3.05) is 5.32 Å². The van der Waals surface area contributed by atoms with Gasteiger partial charge in [-0.2, -0.15) is 0 Å². The molecule has 0 spiro atoms. The van der Waals surface area contributed by atoms with Gasteiger partial charge in [0.1, 0.15) is 5.82 Å². The van der Waals surface area contributed by atoms with Gasteiger partial charge in [-0.25, -0.2) is 4.39 Å². The molecule has 0 radical (unpaired) electrons. The second-order valence-electron chi connectivity index (χ2n) is 4.07. The Labute approximate surface area is 105 Å². The fraction of sp³-hybridized carbons (Fsp3) is 0.143. The lowest BCUT2D eigenvalue weighted by Gasteiger charge is -2.06. The average molecular weight is 244 g/mol. The molecule has 1 aromatic heterocycles. The Morgan fingerprint density at radius 2 is 2.11 bits per heavy atom. The highest BCUT2D eigenvalue weighted by Gasteiger charge is 2.07. The van der Waals surface area contributed by atoms with Crippen LogP contribution in [-0.4, -0.2) is 10.9 Å². The number of hydrogen-bond acceptors (Lipinski definition) is 2. The molecule has 3 nitrogen and oxygen atoms in total. The van der Waals surface area contributed by atoms with E-state index in [1.54, 1.807) is 30.6 Å². The summed E-state index contributed by atoms with van der Waals surface area (Å²) >= 11 is 0. The Kier molecular flexibility index (Phi) is 3.67. The molecule has 1 aromatic carbocycles. The first-order valence-electron chi connectivity index (χ1n) is 5.60. The maximum absolute atomic E-state index is 13.4. The van der Waals surface area contributed by atoms with E-state index in [4.69, 9.17) is 0 Å². The number of amides is 1. The maximum Gasteiger partial charge on any atom is 0.228 e. The van der Waals surface area contributed by atoms with Gasteiger partial charge in [0.25, 0.3) is 0 Å². The quantitative estimate of drug-likeness (QED) is 0.902. The number of nitrogens with one attached hydrogen (secondary N) is 1. The largest absolute Gasteiger partial charge is 0.324 e. The van der Waals surface area contributed by atoms with Crippen LogP contribution in [0.4, 0.5) is 10.1 Å². The molecule has 4 heteroatoms. The van der Waals surface area contributed by atoms with Crippen molar-refractivity contribution >= 4 is 11.6 Å². The van der Waals surface area contributed by atoms with Crippen molar-refractivity contribution in [3.63, 3.8) is 0 Å². The minimum atomic E-state index is -0.366. The zero-order chi connectivity index (χ0) is 13.0. The van der Waals surface area contributed by atoms with Gasteiger partial charge in [0.2, 0.25) is 5.91 Å². The molecule has 0 saturated heterocycles. The Morgan fingerprint density at radius 3 is 2.83 bits per heavy atom. The number of carbonyl (C=O) groups is 1. The lowest BCUT2D eigenvalue weighted by atomic mass is 10.1. The summed E-state index contributed by atoms with van der Waals surface area (Å²) in [6, 6.07) is 8.06. The molecule has 0 bridgehead atoms. The molecule has 0 saturated carbocycles. The molecule has 1 heterocycles. The first-order valence-corrected chi connectivity index (χ1v) is 5.60. The van der Waals surface area contributed by atoms with Crippen molar-refractivity contribution < 1.29 is 9.18 Å². The number of benzene rings is 1. The minimum Gasteiger partial charge on any atom is -0.324 e. The van der Waals surface area contributed by atoms with Crippen LogP contribution in [0.25, 0.3) is 0 Å². The first-order chi connectivity index (χ1) is 8.65. The van der Waals surface area contributed by atoms with Crippen LogP contribution < -0.4 is 5.32 Å². The molecule has 0 aliphatic carbocycles. The molecule has 0 unspecified atom stereocenters. The minimum absolute atomic E-state index is 0.0145. The van der Waals surface area contributed by atoms with Crippen LogP contribution in [-0.2, 0) is 11.2 Å². The zero-order valence-electron chi connectivity index (χ0n) is 9.98. The van der Waals surface area contributed by atoms with E-state index in [0.717, 1.165) is 5.56 Å². The van der Waals surface area contributed by atoms with E-state index in [2.05, 4.69) is 10.3 Å². The van der Waals surface area contributed by atoms with Gasteiger partial charge in [0.15, 0.2) is 0 Å². The van der Waals surface area contributed by atoms with Gasteiger partial charge in [0.05, 0.1) is 18.3 Å². The third kappa shape index (κ3) is 3.13. The molecule has 1 amide bonds. The number of anilines is 1. The number of carbonyl (C=O) groups excluding carboxylic acids is 1. The molecule has 0 aliphatic heterocycles. The summed E-state index contributed by atoms with van der Waals surface area (Å²) in [5.74, 6) is -0.623. The van der Waals surface area contributed by atoms with E-state index in [0.29, 0.717) is 11.3 Å². The predicted octanol–water partition coefficient (Wildman–Crippen LogP) is 2.71. The highest BCUT2D eigenvalue weighted by Crippen LogP contribution is 2.10. The lowest BCUT2D eigenvalue weighted by Crippen LogP contribution is -2.15. The summed E-state index contributed by atoms with van der Waals surface area (Å²) in [6.45, 7) is 1.89. The van der Waals surface area contributed by atoms with Crippen molar-refractivity contribution in [3.8, 4) is 0 Å². The number of aryl methyl sites for hydroxylation is 1. The fourth-order valence-electron chi connectivity index (χ4n) is 1.64. The zero-order valence-corrected chi connectivity index (χ0v) is 9.98. The summed E-state index contributed by atoms with van der Waals surface area (Å²) in [5.41, 5.74) is 1.96. The third-order valence-electron chi connectivity index (χ3n) is 2.47. The third-order valence-corrected chi connectivity index (χ3v) is 2.47. The molecule has 1 N–H and O–H groups in total. The van der Waals surface area contributed by atoms with E-state index in [1.165, 1.54) is 6.07 Å². The first kappa shape index (κ1) is 12.2. The van der Waals surface area contributed by atoms with Gasteiger partial charge in [-0.1, -0.05) is 18.2 Å². The van der Waals surface area contributed by atoms with Crippen LogP contribution in [0.1, 0.15) is 11.1 Å². The standard InChI is InChI=1S/C14H13FN2O/c1-10-6-12(9-16-8-10)17-14(18)7-11-4-2-3-5-13(11)15/h2-6,8-9H,7H2,1H3,(H,17,18). The molecular formula is C14H13FN2O. The van der Waals surface area contributed by atoms with Gasteiger partial charge in [-0.15, -0.1) is 0 Å². The van der Waals surface area contributed by atoms with Crippen molar-refractivity contribution in [2.45, 2.75) is 13.3 Å². The van der Waals surface area contributed by atoms with Crippen LogP contribution in [0.15, 0.2) is 42.7 Å². The van der Waals surface area contributed by atoms with Gasteiger partial charge in [-0.3, -0.25) is 9.78 Å². The van der Waals surface area contributed by atoms with Gasteiger partial charge in [0, 0.05) is 6.20 Å². The number of aromatic nitrogens is 1. The van der Waals surface area contributed by atoms with Crippen LogP contribution >= 0.6 is 0 Å². The normalized spacial score (nSPS) is 10.1. The van der Waals surface area contributed by atoms with Gasteiger partial charge in [-0.05, 0) is 30.2 Å². The summed E-state index contributed by atoms with van der Waals surface area (Å²) < 4.78 is 13.4. The molecule has 0 fully saturated rings. The van der Waals surface area contributed by atoms with Crippen molar-refractivity contribution in [3.05, 3.63) is 59.7 Å². The van der Waals surface area contributed by atoms with Gasteiger partial charge < -0.3 is 5.32 Å². The molecular weight excluding hydrogens is 231 g/mol. The lowest BCUT2D eigenvalue weighted by molar-refractivity contribution is -0.115. The Morgan fingerprint density at radius 1 is 1.33 bits per heavy atom. The molecule has 18 heavy (non-hydrogen) atoms. The molecule has 92 valence electrons. The SMILES string of the molecule is Cc1cncc(NC(=O)Cc2ccccc2F)c1. The van der Waals surface area contributed by atoms with Crippen molar-refractivity contribution in [1.82, 2.24) is 4.98 Å². The summed E-state index contributed by atoms with van der Waals surface area (Å²) in [4.78, 5) is 15.7. The topological polar surface area (TPSA) is 42.0 Å². The van der Waals surface area contributed by atoms with E-state index < -0.39 is 0 Å². The molecule has 2 rings (SSSR count). The highest BCUT2D eigenvalue weighted by molar-refractivity contribution is 5.92. The summed E-state index contributed by atoms with van der Waals surface area (Å²) in [7, 11) is 0. The van der Waals surface area contributed by atoms with E-state index >= 15 is 0 Å². The average Bonchev–Trinajstić information content (AvgIpc) is 2.32. The highest BCUT2D eigenvalue weighted by atomic mass is 19.1. The van der Waals surface area contributed by atoms with Crippen LogP contribution in [0.5, 0.6) is 0 Å². The summed E-state index contributed by atoms with van der Waals surface area (Å²) in [5, 5.41) is 2.69. The van der Waals surface area contributed by atoms with Crippen molar-refractivity contribution in [1.29, 1.82) is 0 Å². The summed E-state index contributed by atoms with van der Waals surface area (Å²) in [6.07, 6.45) is 3.28. The van der Waals surface area contributed by atoms with Gasteiger partial charge >= 0.3 is 0 Å². The molecule has 0 atom stereocenters. The predicted molar refractivity (Wildman–Crippen MR) is 67.7 cm³/mol. The number of halogens is 1.